The minimum Gasteiger partial charge on any atom is -0.505 e. The van der Waals surface area contributed by atoms with Crippen LogP contribution in [0.3, 0.4) is 0 Å². The second kappa shape index (κ2) is 4.78. The fourth-order valence-corrected chi connectivity index (χ4v) is 1.52. The van der Waals surface area contributed by atoms with E-state index in [4.69, 9.17) is 0 Å². The maximum atomic E-state index is 13.3. The summed E-state index contributed by atoms with van der Waals surface area (Å²) in [5.41, 5.74) is 2.02. The molecule has 1 aromatic carbocycles. The molecule has 0 spiro atoms. The van der Waals surface area contributed by atoms with Crippen molar-refractivity contribution in [3.8, 4) is 5.75 Å². The smallest absolute Gasteiger partial charge is 0.165 e. The molecule has 0 aliphatic rings. The van der Waals surface area contributed by atoms with Crippen LogP contribution in [0, 0.1) is 12.7 Å². The fourth-order valence-electron chi connectivity index (χ4n) is 1.52. The molecule has 3 heteroatoms. The molecule has 2 rings (SSSR count). The Kier molecular flexibility index (Phi) is 3.19. The van der Waals surface area contributed by atoms with Gasteiger partial charge in [0.1, 0.15) is 0 Å². The first kappa shape index (κ1) is 11.3. The molecule has 0 aliphatic heterocycles. The highest BCUT2D eigenvalue weighted by Crippen LogP contribution is 2.23. The number of phenols is 1. The number of aromatic hydroxyl groups is 1. The van der Waals surface area contributed by atoms with Crippen molar-refractivity contribution in [3.05, 3.63) is 59.2 Å². The van der Waals surface area contributed by atoms with Gasteiger partial charge >= 0.3 is 0 Å². The van der Waals surface area contributed by atoms with Crippen molar-refractivity contribution in [1.29, 1.82) is 0 Å². The van der Waals surface area contributed by atoms with Crippen molar-refractivity contribution in [3.63, 3.8) is 0 Å². The van der Waals surface area contributed by atoms with Crippen LogP contribution < -0.4 is 0 Å². The van der Waals surface area contributed by atoms with E-state index in [1.54, 1.807) is 31.3 Å². The summed E-state index contributed by atoms with van der Waals surface area (Å²) < 4.78 is 13.3. The third-order valence-corrected chi connectivity index (χ3v) is 2.41. The summed E-state index contributed by atoms with van der Waals surface area (Å²) in [7, 11) is 0. The van der Waals surface area contributed by atoms with E-state index < -0.39 is 5.82 Å². The monoisotopic (exact) mass is 229 g/mol. The van der Waals surface area contributed by atoms with E-state index in [0.29, 0.717) is 11.1 Å². The Balaban J connectivity index is 2.28. The summed E-state index contributed by atoms with van der Waals surface area (Å²) in [5, 5.41) is 9.30. The molecule has 0 bridgehead atoms. The predicted molar refractivity (Wildman–Crippen MR) is 66.0 cm³/mol. The van der Waals surface area contributed by atoms with Crippen molar-refractivity contribution < 1.29 is 9.50 Å². The number of aryl methyl sites for hydroxylation is 1. The number of pyridine rings is 1. The number of halogens is 1. The van der Waals surface area contributed by atoms with E-state index in [1.807, 2.05) is 18.2 Å². The molecule has 0 unspecified atom stereocenters. The van der Waals surface area contributed by atoms with Gasteiger partial charge in [0, 0.05) is 6.20 Å². The lowest BCUT2D eigenvalue weighted by Gasteiger charge is -2.02. The quantitative estimate of drug-likeness (QED) is 0.856. The molecule has 0 fully saturated rings. The molecule has 0 saturated carbocycles. The predicted octanol–water partition coefficient (Wildman–Crippen LogP) is 3.41. The number of benzene rings is 1. The van der Waals surface area contributed by atoms with E-state index in [1.165, 1.54) is 6.07 Å². The molecule has 1 N–H and O–H groups in total. The van der Waals surface area contributed by atoms with Crippen LogP contribution in [0.4, 0.5) is 4.39 Å². The van der Waals surface area contributed by atoms with Gasteiger partial charge in [-0.05, 0) is 48.4 Å². The second-order valence-corrected chi connectivity index (χ2v) is 3.76. The number of nitrogens with zero attached hydrogens (tertiary/aromatic N) is 1. The van der Waals surface area contributed by atoms with E-state index >= 15 is 0 Å². The average molecular weight is 229 g/mol. The lowest BCUT2D eigenvalue weighted by Crippen LogP contribution is -1.84. The van der Waals surface area contributed by atoms with Crippen LogP contribution in [0.5, 0.6) is 5.75 Å². The first-order valence-electron chi connectivity index (χ1n) is 5.25. The maximum absolute atomic E-state index is 13.3. The van der Waals surface area contributed by atoms with Crippen LogP contribution >= 0.6 is 0 Å². The first-order valence-corrected chi connectivity index (χ1v) is 5.25. The van der Waals surface area contributed by atoms with Gasteiger partial charge in [0.2, 0.25) is 0 Å². The minimum absolute atomic E-state index is 0.292. The SMILES string of the molecule is Cc1cc(/C=C/c2ccccn2)cc(F)c1O. The fraction of sp³-hybridized carbons (Fsp3) is 0.0714. The normalized spacial score (nSPS) is 10.9. The summed E-state index contributed by atoms with van der Waals surface area (Å²) >= 11 is 0. The molecule has 1 heterocycles. The van der Waals surface area contributed by atoms with Crippen LogP contribution in [0.15, 0.2) is 36.5 Å². The van der Waals surface area contributed by atoms with Crippen molar-refractivity contribution in [2.75, 3.05) is 0 Å². The zero-order valence-electron chi connectivity index (χ0n) is 9.39. The molecule has 0 amide bonds. The van der Waals surface area contributed by atoms with E-state index in [-0.39, 0.29) is 5.75 Å². The molecule has 86 valence electrons. The Morgan fingerprint density at radius 1 is 1.24 bits per heavy atom. The number of rotatable bonds is 2. The third-order valence-electron chi connectivity index (χ3n) is 2.41. The van der Waals surface area contributed by atoms with Gasteiger partial charge in [-0.2, -0.15) is 0 Å². The van der Waals surface area contributed by atoms with Gasteiger partial charge in [0.05, 0.1) is 5.69 Å². The van der Waals surface area contributed by atoms with Crippen molar-refractivity contribution in [2.45, 2.75) is 6.92 Å². The zero-order valence-corrected chi connectivity index (χ0v) is 9.39. The number of hydrogen-bond acceptors (Lipinski definition) is 2. The summed E-state index contributed by atoms with van der Waals surface area (Å²) in [6, 6.07) is 8.59. The molecule has 2 aromatic rings. The maximum Gasteiger partial charge on any atom is 0.165 e. The summed E-state index contributed by atoms with van der Waals surface area (Å²) in [6.45, 7) is 1.66. The van der Waals surface area contributed by atoms with E-state index in [2.05, 4.69) is 4.98 Å². The van der Waals surface area contributed by atoms with Crippen LogP contribution in [0.25, 0.3) is 12.2 Å². The van der Waals surface area contributed by atoms with Gasteiger partial charge in [-0.1, -0.05) is 12.1 Å². The Morgan fingerprint density at radius 2 is 2.06 bits per heavy atom. The average Bonchev–Trinajstić information content (AvgIpc) is 2.34. The van der Waals surface area contributed by atoms with Gasteiger partial charge < -0.3 is 5.11 Å². The highest BCUT2D eigenvalue weighted by Gasteiger charge is 2.04. The Hall–Kier alpha value is -2.16. The minimum atomic E-state index is -0.606. The molecule has 0 radical (unpaired) electrons. The van der Waals surface area contributed by atoms with Crippen molar-refractivity contribution >= 4 is 12.2 Å². The zero-order chi connectivity index (χ0) is 12.3. The molecule has 17 heavy (non-hydrogen) atoms. The lowest BCUT2D eigenvalue weighted by molar-refractivity contribution is 0.428. The molecular formula is C14H12FNO. The molecule has 2 nitrogen and oxygen atoms in total. The topological polar surface area (TPSA) is 33.1 Å². The molecular weight excluding hydrogens is 217 g/mol. The van der Waals surface area contributed by atoms with Crippen LogP contribution in [0.1, 0.15) is 16.8 Å². The number of hydrogen-bond donors (Lipinski definition) is 1. The molecule has 0 aliphatic carbocycles. The van der Waals surface area contributed by atoms with Gasteiger partial charge in [0.25, 0.3) is 0 Å². The third kappa shape index (κ3) is 2.69. The van der Waals surface area contributed by atoms with E-state index in [0.717, 1.165) is 5.69 Å². The van der Waals surface area contributed by atoms with Gasteiger partial charge in [-0.3, -0.25) is 4.98 Å². The summed E-state index contributed by atoms with van der Waals surface area (Å²) in [4.78, 5) is 4.13. The van der Waals surface area contributed by atoms with Crippen LogP contribution in [0.2, 0.25) is 0 Å². The summed E-state index contributed by atoms with van der Waals surface area (Å²) in [6.07, 6.45) is 5.26. The molecule has 0 atom stereocenters. The Bertz CT molecular complexity index is 526. The van der Waals surface area contributed by atoms with Crippen LogP contribution in [-0.4, -0.2) is 10.1 Å². The highest BCUT2D eigenvalue weighted by molar-refractivity contribution is 5.68. The Labute approximate surface area is 99.1 Å². The number of aromatic nitrogens is 1. The van der Waals surface area contributed by atoms with Crippen molar-refractivity contribution in [1.82, 2.24) is 4.98 Å². The first-order chi connectivity index (χ1) is 8.16. The van der Waals surface area contributed by atoms with Crippen molar-refractivity contribution in [2.24, 2.45) is 0 Å². The summed E-state index contributed by atoms with van der Waals surface area (Å²) in [5.74, 6) is -0.898. The van der Waals surface area contributed by atoms with Gasteiger partial charge in [-0.15, -0.1) is 0 Å². The second-order valence-electron chi connectivity index (χ2n) is 3.76. The van der Waals surface area contributed by atoms with Gasteiger partial charge in [0.15, 0.2) is 11.6 Å². The van der Waals surface area contributed by atoms with Crippen LogP contribution in [-0.2, 0) is 0 Å². The highest BCUT2D eigenvalue weighted by atomic mass is 19.1. The number of phenolic OH excluding ortho intramolecular Hbond substituents is 1. The van der Waals surface area contributed by atoms with E-state index in [9.17, 15) is 9.50 Å². The Morgan fingerprint density at radius 3 is 2.71 bits per heavy atom. The standard InChI is InChI=1S/C14H12FNO/c1-10-8-11(9-13(15)14(10)17)5-6-12-4-2-3-7-16-12/h2-9,17H,1H3/b6-5+. The van der Waals surface area contributed by atoms with Gasteiger partial charge in [-0.25, -0.2) is 4.39 Å². The molecule has 0 saturated heterocycles. The largest absolute Gasteiger partial charge is 0.505 e. The lowest BCUT2D eigenvalue weighted by atomic mass is 10.1. The molecule has 1 aromatic heterocycles.